The fourth-order valence-corrected chi connectivity index (χ4v) is 2.84. The molecule has 3 rings (SSSR count). The van der Waals surface area contributed by atoms with E-state index >= 15 is 0 Å². The van der Waals surface area contributed by atoms with Crippen molar-refractivity contribution in [1.82, 2.24) is 14.9 Å². The lowest BCUT2D eigenvalue weighted by Crippen LogP contribution is -2.17. The lowest BCUT2D eigenvalue weighted by atomic mass is 10.1. The summed E-state index contributed by atoms with van der Waals surface area (Å²) < 4.78 is 13.4. The highest BCUT2D eigenvalue weighted by Crippen LogP contribution is 2.25. The van der Waals surface area contributed by atoms with E-state index in [4.69, 9.17) is 11.6 Å². The standard InChI is InChI=1S/C21H23ClFN5/c1-28(2)12-6-11-24-21-26-19(15-7-4-3-5-8-15)14-20(27-21)25-16-9-10-18(23)17(22)13-16/h3-5,7-10,13-14H,6,11-12H2,1-2H3,(H2,24,25,26,27). The van der Waals surface area contributed by atoms with Crippen LogP contribution in [0.2, 0.25) is 5.02 Å². The number of nitrogens with zero attached hydrogens (tertiary/aromatic N) is 3. The lowest BCUT2D eigenvalue weighted by molar-refractivity contribution is 0.405. The summed E-state index contributed by atoms with van der Waals surface area (Å²) in [6.07, 6.45) is 0.974. The summed E-state index contributed by atoms with van der Waals surface area (Å²) in [7, 11) is 4.09. The van der Waals surface area contributed by atoms with Gasteiger partial charge in [0.05, 0.1) is 10.7 Å². The van der Waals surface area contributed by atoms with Crippen LogP contribution < -0.4 is 10.6 Å². The van der Waals surface area contributed by atoms with E-state index in [0.29, 0.717) is 17.5 Å². The molecule has 0 atom stereocenters. The molecule has 0 saturated carbocycles. The molecule has 0 unspecified atom stereocenters. The smallest absolute Gasteiger partial charge is 0.225 e. The average molecular weight is 400 g/mol. The van der Waals surface area contributed by atoms with Crippen LogP contribution in [0, 0.1) is 5.82 Å². The topological polar surface area (TPSA) is 53.1 Å². The van der Waals surface area contributed by atoms with E-state index in [1.807, 2.05) is 50.5 Å². The van der Waals surface area contributed by atoms with Crippen molar-refractivity contribution in [3.8, 4) is 11.3 Å². The number of hydrogen-bond donors (Lipinski definition) is 2. The van der Waals surface area contributed by atoms with E-state index in [0.717, 1.165) is 30.8 Å². The Balaban J connectivity index is 1.85. The second-order valence-corrected chi connectivity index (χ2v) is 7.07. The second-order valence-electron chi connectivity index (χ2n) is 6.67. The maximum absolute atomic E-state index is 13.4. The molecule has 5 nitrogen and oxygen atoms in total. The molecule has 0 bridgehead atoms. The van der Waals surface area contributed by atoms with Gasteiger partial charge in [0.1, 0.15) is 11.6 Å². The summed E-state index contributed by atoms with van der Waals surface area (Å²) >= 11 is 5.88. The molecule has 2 N–H and O–H groups in total. The van der Waals surface area contributed by atoms with Crippen LogP contribution in [0.4, 0.5) is 21.8 Å². The Morgan fingerprint density at radius 2 is 1.82 bits per heavy atom. The molecule has 0 aliphatic rings. The molecule has 0 aliphatic heterocycles. The molecule has 0 fully saturated rings. The molecule has 28 heavy (non-hydrogen) atoms. The highest BCUT2D eigenvalue weighted by Gasteiger charge is 2.08. The molecular formula is C21H23ClFN5. The van der Waals surface area contributed by atoms with Crippen LogP contribution in [-0.2, 0) is 0 Å². The van der Waals surface area contributed by atoms with Gasteiger partial charge in [-0.15, -0.1) is 0 Å². The first-order chi connectivity index (χ1) is 13.5. The Hall–Kier alpha value is -2.70. The fraction of sp³-hybridized carbons (Fsp3) is 0.238. The van der Waals surface area contributed by atoms with Crippen molar-refractivity contribution in [2.24, 2.45) is 0 Å². The van der Waals surface area contributed by atoms with Crippen LogP contribution in [0.5, 0.6) is 0 Å². The quantitative estimate of drug-likeness (QED) is 0.519. The van der Waals surface area contributed by atoms with Crippen LogP contribution in [-0.4, -0.2) is 42.1 Å². The zero-order chi connectivity index (χ0) is 19.9. The number of halogens is 2. The van der Waals surface area contributed by atoms with Gasteiger partial charge in [-0.3, -0.25) is 0 Å². The molecular weight excluding hydrogens is 377 g/mol. The van der Waals surface area contributed by atoms with Crippen LogP contribution in [0.25, 0.3) is 11.3 Å². The predicted molar refractivity (Wildman–Crippen MR) is 114 cm³/mol. The number of anilines is 3. The van der Waals surface area contributed by atoms with Crippen LogP contribution in [0.15, 0.2) is 54.6 Å². The van der Waals surface area contributed by atoms with Crippen molar-refractivity contribution in [2.45, 2.75) is 6.42 Å². The van der Waals surface area contributed by atoms with Crippen molar-refractivity contribution in [2.75, 3.05) is 37.8 Å². The third kappa shape index (κ3) is 5.65. The first-order valence-electron chi connectivity index (χ1n) is 9.06. The van der Waals surface area contributed by atoms with E-state index in [2.05, 4.69) is 25.5 Å². The highest BCUT2D eigenvalue weighted by atomic mass is 35.5. The maximum Gasteiger partial charge on any atom is 0.225 e. The van der Waals surface area contributed by atoms with Crippen molar-refractivity contribution >= 4 is 29.1 Å². The summed E-state index contributed by atoms with van der Waals surface area (Å²) in [5.74, 6) is 0.686. The van der Waals surface area contributed by atoms with Crippen LogP contribution in [0.3, 0.4) is 0 Å². The molecule has 3 aromatic rings. The highest BCUT2D eigenvalue weighted by molar-refractivity contribution is 6.31. The monoisotopic (exact) mass is 399 g/mol. The molecule has 2 aromatic carbocycles. The molecule has 0 saturated heterocycles. The number of aromatic nitrogens is 2. The minimum absolute atomic E-state index is 0.0596. The Kier molecular flexibility index (Phi) is 6.79. The minimum Gasteiger partial charge on any atom is -0.354 e. The van der Waals surface area contributed by atoms with E-state index in [1.165, 1.54) is 12.1 Å². The molecule has 146 valence electrons. The molecule has 0 radical (unpaired) electrons. The van der Waals surface area contributed by atoms with Gasteiger partial charge in [0.25, 0.3) is 0 Å². The third-order valence-electron chi connectivity index (χ3n) is 4.05. The van der Waals surface area contributed by atoms with Crippen LogP contribution >= 0.6 is 11.6 Å². The summed E-state index contributed by atoms with van der Waals surface area (Å²) in [6.45, 7) is 1.74. The van der Waals surface area contributed by atoms with Gasteiger partial charge in [0.15, 0.2) is 0 Å². The Bertz CT molecular complexity index is 918. The summed E-state index contributed by atoms with van der Waals surface area (Å²) in [6, 6.07) is 16.2. The Labute approximate surface area is 169 Å². The van der Waals surface area contributed by atoms with Crippen molar-refractivity contribution < 1.29 is 4.39 Å². The lowest BCUT2D eigenvalue weighted by Gasteiger charge is -2.13. The largest absolute Gasteiger partial charge is 0.354 e. The molecule has 0 amide bonds. The maximum atomic E-state index is 13.4. The first kappa shape index (κ1) is 20.0. The summed E-state index contributed by atoms with van der Waals surface area (Å²) in [5, 5.41) is 6.52. The van der Waals surface area contributed by atoms with Gasteiger partial charge in [0.2, 0.25) is 5.95 Å². The second kappa shape index (κ2) is 9.48. The predicted octanol–water partition coefficient (Wildman–Crippen LogP) is 5.04. The molecule has 1 heterocycles. The van der Waals surface area contributed by atoms with E-state index in [1.54, 1.807) is 6.07 Å². The zero-order valence-electron chi connectivity index (χ0n) is 15.9. The van der Waals surface area contributed by atoms with Gasteiger partial charge >= 0.3 is 0 Å². The average Bonchev–Trinajstić information content (AvgIpc) is 2.68. The number of nitrogens with one attached hydrogen (secondary N) is 2. The first-order valence-corrected chi connectivity index (χ1v) is 9.44. The molecule has 0 spiro atoms. The molecule has 7 heteroatoms. The molecule has 0 aliphatic carbocycles. The Morgan fingerprint density at radius 1 is 1.04 bits per heavy atom. The minimum atomic E-state index is -0.455. The zero-order valence-corrected chi connectivity index (χ0v) is 16.7. The fourth-order valence-electron chi connectivity index (χ4n) is 2.66. The summed E-state index contributed by atoms with van der Waals surface area (Å²) in [4.78, 5) is 11.3. The van der Waals surface area contributed by atoms with Gasteiger partial charge in [0, 0.05) is 23.9 Å². The normalized spacial score (nSPS) is 10.9. The van der Waals surface area contributed by atoms with Crippen molar-refractivity contribution in [1.29, 1.82) is 0 Å². The number of hydrogen-bond acceptors (Lipinski definition) is 5. The van der Waals surface area contributed by atoms with E-state index in [-0.39, 0.29) is 5.02 Å². The number of benzene rings is 2. The van der Waals surface area contributed by atoms with E-state index in [9.17, 15) is 4.39 Å². The summed E-state index contributed by atoms with van der Waals surface area (Å²) in [5.41, 5.74) is 2.44. The SMILES string of the molecule is CN(C)CCCNc1nc(Nc2ccc(F)c(Cl)c2)cc(-c2ccccc2)n1. The third-order valence-corrected chi connectivity index (χ3v) is 4.34. The number of rotatable bonds is 8. The van der Waals surface area contributed by atoms with E-state index < -0.39 is 5.82 Å². The van der Waals surface area contributed by atoms with Gasteiger partial charge in [-0.2, -0.15) is 4.98 Å². The van der Waals surface area contributed by atoms with Gasteiger partial charge in [-0.25, -0.2) is 9.37 Å². The molecule has 1 aromatic heterocycles. The van der Waals surface area contributed by atoms with Crippen molar-refractivity contribution in [3.05, 3.63) is 65.4 Å². The van der Waals surface area contributed by atoms with Crippen LogP contribution in [0.1, 0.15) is 6.42 Å². The van der Waals surface area contributed by atoms with Gasteiger partial charge < -0.3 is 15.5 Å². The Morgan fingerprint density at radius 3 is 2.54 bits per heavy atom. The van der Waals surface area contributed by atoms with Crippen molar-refractivity contribution in [3.63, 3.8) is 0 Å². The van der Waals surface area contributed by atoms with Gasteiger partial charge in [-0.05, 0) is 45.3 Å². The van der Waals surface area contributed by atoms with Gasteiger partial charge in [-0.1, -0.05) is 41.9 Å².